The lowest BCUT2D eigenvalue weighted by Crippen LogP contribution is -2.34. The van der Waals surface area contributed by atoms with E-state index in [4.69, 9.17) is 0 Å². The molecule has 5 heteroatoms. The summed E-state index contributed by atoms with van der Waals surface area (Å²) in [5.74, 6) is 0.0430. The van der Waals surface area contributed by atoms with Crippen LogP contribution in [-0.2, 0) is 22.3 Å². The van der Waals surface area contributed by atoms with Crippen LogP contribution in [0.15, 0.2) is 24.3 Å². The maximum Gasteiger partial charge on any atom is 0.216 e. The van der Waals surface area contributed by atoms with E-state index in [1.807, 2.05) is 38.1 Å². The predicted molar refractivity (Wildman–Crippen MR) is 88.5 cm³/mol. The van der Waals surface area contributed by atoms with E-state index in [2.05, 4.69) is 23.9 Å². The third kappa shape index (κ3) is 7.07. The average Bonchev–Trinajstić information content (AvgIpc) is 2.43. The van der Waals surface area contributed by atoms with E-state index in [-0.39, 0.29) is 11.8 Å². The van der Waals surface area contributed by atoms with Gasteiger partial charge in [0.2, 0.25) is 10.0 Å². The molecule has 120 valence electrons. The first-order chi connectivity index (χ1) is 9.86. The Hall–Kier alpha value is -0.910. The van der Waals surface area contributed by atoms with E-state index >= 15 is 0 Å². The van der Waals surface area contributed by atoms with Crippen molar-refractivity contribution >= 4 is 10.0 Å². The third-order valence-corrected chi connectivity index (χ3v) is 4.83. The van der Waals surface area contributed by atoms with Crippen LogP contribution in [0.5, 0.6) is 0 Å². The standard InChI is InChI=1S/C16H28N2O2S/c1-5-16(6-2)18-21(19,20)12-15-9-7-14(8-10-15)11-17-13(3)4/h7-10,13,16-18H,5-6,11-12H2,1-4H3. The number of rotatable bonds is 9. The fraction of sp³-hybridized carbons (Fsp3) is 0.625. The Balaban J connectivity index is 2.62. The molecule has 1 aromatic rings. The normalized spacial score (nSPS) is 12.3. The summed E-state index contributed by atoms with van der Waals surface area (Å²) < 4.78 is 27.0. The van der Waals surface area contributed by atoms with Crippen molar-refractivity contribution < 1.29 is 8.42 Å². The molecule has 0 saturated heterocycles. The number of benzene rings is 1. The van der Waals surface area contributed by atoms with Crippen LogP contribution in [0.25, 0.3) is 0 Å². The van der Waals surface area contributed by atoms with Crippen LogP contribution < -0.4 is 10.0 Å². The van der Waals surface area contributed by atoms with Crippen LogP contribution in [-0.4, -0.2) is 20.5 Å². The van der Waals surface area contributed by atoms with Gasteiger partial charge in [-0.2, -0.15) is 0 Å². The highest BCUT2D eigenvalue weighted by atomic mass is 32.2. The molecule has 0 aliphatic carbocycles. The monoisotopic (exact) mass is 312 g/mol. The van der Waals surface area contributed by atoms with Crippen molar-refractivity contribution in [2.45, 2.75) is 64.9 Å². The Kier molecular flexibility index (Phi) is 7.35. The second-order valence-electron chi connectivity index (χ2n) is 5.74. The van der Waals surface area contributed by atoms with Gasteiger partial charge in [0.05, 0.1) is 5.75 Å². The first kappa shape index (κ1) is 18.1. The summed E-state index contributed by atoms with van der Waals surface area (Å²) in [4.78, 5) is 0. The maximum atomic E-state index is 12.1. The van der Waals surface area contributed by atoms with Crippen LogP contribution in [0.3, 0.4) is 0 Å². The molecule has 4 nitrogen and oxygen atoms in total. The molecule has 0 aliphatic rings. The van der Waals surface area contributed by atoms with E-state index in [0.717, 1.165) is 30.5 Å². The first-order valence-electron chi connectivity index (χ1n) is 7.67. The Bertz CT molecular complexity index is 506. The van der Waals surface area contributed by atoms with Crippen LogP contribution >= 0.6 is 0 Å². The molecule has 1 rings (SSSR count). The van der Waals surface area contributed by atoms with E-state index in [1.165, 1.54) is 0 Å². The van der Waals surface area contributed by atoms with Gasteiger partial charge in [-0.25, -0.2) is 13.1 Å². The molecule has 0 aliphatic heterocycles. The van der Waals surface area contributed by atoms with Crippen molar-refractivity contribution in [2.24, 2.45) is 0 Å². The zero-order valence-electron chi connectivity index (χ0n) is 13.5. The minimum atomic E-state index is -3.26. The second kappa shape index (κ2) is 8.51. The largest absolute Gasteiger partial charge is 0.310 e. The second-order valence-corrected chi connectivity index (χ2v) is 7.50. The molecule has 1 aromatic carbocycles. The molecule has 0 radical (unpaired) electrons. The van der Waals surface area contributed by atoms with Crippen LogP contribution in [0.1, 0.15) is 51.7 Å². The van der Waals surface area contributed by atoms with Crippen molar-refractivity contribution in [3.8, 4) is 0 Å². The van der Waals surface area contributed by atoms with Gasteiger partial charge in [0, 0.05) is 18.6 Å². The fourth-order valence-corrected chi connectivity index (χ4v) is 3.60. The smallest absolute Gasteiger partial charge is 0.216 e. The van der Waals surface area contributed by atoms with Crippen molar-refractivity contribution in [1.82, 2.24) is 10.0 Å². The van der Waals surface area contributed by atoms with E-state index in [1.54, 1.807) is 0 Å². The molecule has 2 N–H and O–H groups in total. The zero-order chi connectivity index (χ0) is 15.9. The molecule has 0 atom stereocenters. The molecule has 21 heavy (non-hydrogen) atoms. The quantitative estimate of drug-likeness (QED) is 0.737. The molecule has 0 heterocycles. The van der Waals surface area contributed by atoms with Crippen LogP contribution in [0, 0.1) is 0 Å². The molecule has 0 fully saturated rings. The van der Waals surface area contributed by atoms with Gasteiger partial charge in [-0.3, -0.25) is 0 Å². The fourth-order valence-electron chi connectivity index (χ4n) is 2.05. The number of hydrogen-bond acceptors (Lipinski definition) is 3. The van der Waals surface area contributed by atoms with Gasteiger partial charge in [-0.05, 0) is 24.0 Å². The van der Waals surface area contributed by atoms with Gasteiger partial charge in [-0.1, -0.05) is 52.0 Å². The minimum Gasteiger partial charge on any atom is -0.310 e. The van der Waals surface area contributed by atoms with Gasteiger partial charge in [-0.15, -0.1) is 0 Å². The maximum absolute atomic E-state index is 12.1. The Morgan fingerprint density at radius 2 is 1.52 bits per heavy atom. The molecule has 0 unspecified atom stereocenters. The lowest BCUT2D eigenvalue weighted by Gasteiger charge is -2.15. The first-order valence-corrected chi connectivity index (χ1v) is 9.32. The Labute approximate surface area is 129 Å². The molecule has 0 spiro atoms. The van der Waals surface area contributed by atoms with Crippen molar-refractivity contribution in [3.63, 3.8) is 0 Å². The summed E-state index contributed by atoms with van der Waals surface area (Å²) >= 11 is 0. The van der Waals surface area contributed by atoms with Crippen LogP contribution in [0.4, 0.5) is 0 Å². The van der Waals surface area contributed by atoms with Crippen molar-refractivity contribution in [1.29, 1.82) is 0 Å². The van der Waals surface area contributed by atoms with Gasteiger partial charge in [0.1, 0.15) is 0 Å². The summed E-state index contributed by atoms with van der Waals surface area (Å²) in [7, 11) is -3.26. The number of sulfonamides is 1. The lowest BCUT2D eigenvalue weighted by molar-refractivity contribution is 0.529. The molecular formula is C16H28N2O2S. The lowest BCUT2D eigenvalue weighted by atomic mass is 10.1. The summed E-state index contributed by atoms with van der Waals surface area (Å²) in [5.41, 5.74) is 1.99. The molecule has 0 amide bonds. The summed E-state index contributed by atoms with van der Waals surface area (Å²) in [6, 6.07) is 8.22. The van der Waals surface area contributed by atoms with Crippen molar-refractivity contribution in [3.05, 3.63) is 35.4 Å². The van der Waals surface area contributed by atoms with Gasteiger partial charge in [0.15, 0.2) is 0 Å². The third-order valence-electron chi connectivity index (χ3n) is 3.43. The van der Waals surface area contributed by atoms with Gasteiger partial charge < -0.3 is 5.32 Å². The van der Waals surface area contributed by atoms with Gasteiger partial charge >= 0.3 is 0 Å². The highest BCUT2D eigenvalue weighted by molar-refractivity contribution is 7.88. The Morgan fingerprint density at radius 1 is 1.00 bits per heavy atom. The van der Waals surface area contributed by atoms with Crippen molar-refractivity contribution in [2.75, 3.05) is 0 Å². The van der Waals surface area contributed by atoms with E-state index < -0.39 is 10.0 Å². The molecule has 0 aromatic heterocycles. The summed E-state index contributed by atoms with van der Waals surface area (Å²) in [6.07, 6.45) is 1.63. The van der Waals surface area contributed by atoms with Crippen LogP contribution in [0.2, 0.25) is 0 Å². The highest BCUT2D eigenvalue weighted by Crippen LogP contribution is 2.09. The molecular weight excluding hydrogens is 284 g/mol. The average molecular weight is 312 g/mol. The highest BCUT2D eigenvalue weighted by Gasteiger charge is 2.15. The molecule has 0 saturated carbocycles. The number of hydrogen-bond donors (Lipinski definition) is 2. The zero-order valence-corrected chi connectivity index (χ0v) is 14.3. The Morgan fingerprint density at radius 3 is 2.00 bits per heavy atom. The number of nitrogens with one attached hydrogen (secondary N) is 2. The SMILES string of the molecule is CCC(CC)NS(=O)(=O)Cc1ccc(CNC(C)C)cc1. The summed E-state index contributed by atoms with van der Waals surface area (Å²) in [6.45, 7) is 8.99. The minimum absolute atomic E-state index is 0.0320. The predicted octanol–water partition coefficient (Wildman–Crippen LogP) is 2.79. The van der Waals surface area contributed by atoms with E-state index in [9.17, 15) is 8.42 Å². The molecule has 0 bridgehead atoms. The van der Waals surface area contributed by atoms with E-state index in [0.29, 0.717) is 6.04 Å². The topological polar surface area (TPSA) is 58.2 Å². The summed E-state index contributed by atoms with van der Waals surface area (Å²) in [5, 5.41) is 3.34. The van der Waals surface area contributed by atoms with Gasteiger partial charge in [0.25, 0.3) is 0 Å².